The average molecular weight is 341 g/mol. The van der Waals surface area contributed by atoms with Gasteiger partial charge in [-0.3, -0.25) is 15.5 Å². The van der Waals surface area contributed by atoms with Crippen LogP contribution in [0.5, 0.6) is 0 Å². The van der Waals surface area contributed by atoms with Crippen LogP contribution in [0.2, 0.25) is 0 Å². The van der Waals surface area contributed by atoms with Gasteiger partial charge in [-0.25, -0.2) is 0 Å². The highest BCUT2D eigenvalue weighted by atomic mass is 19.4. The lowest BCUT2D eigenvalue weighted by Gasteiger charge is -2.29. The van der Waals surface area contributed by atoms with Crippen LogP contribution < -0.4 is 5.43 Å². The zero-order valence-corrected chi connectivity index (χ0v) is 13.6. The average Bonchev–Trinajstić information content (AvgIpc) is 2.41. The fourth-order valence-corrected chi connectivity index (χ4v) is 2.85. The minimum absolute atomic E-state index is 0.0193. The fourth-order valence-electron chi connectivity index (χ4n) is 2.85. The van der Waals surface area contributed by atoms with Crippen molar-refractivity contribution in [3.8, 4) is 0 Å². The first-order valence-electron chi connectivity index (χ1n) is 7.33. The van der Waals surface area contributed by atoms with E-state index >= 15 is 0 Å². The van der Waals surface area contributed by atoms with E-state index in [4.69, 9.17) is 0 Å². The lowest BCUT2D eigenvalue weighted by Crippen LogP contribution is -2.22. The Hall–Kier alpha value is -2.38. The predicted octanol–water partition coefficient (Wildman–Crippen LogP) is 5.15. The number of hydrazone groups is 1. The van der Waals surface area contributed by atoms with Crippen LogP contribution in [-0.2, 0) is 6.18 Å². The maximum Gasteiger partial charge on any atom is 0.416 e. The monoisotopic (exact) mass is 341 g/mol. The van der Waals surface area contributed by atoms with E-state index < -0.39 is 22.4 Å². The molecule has 8 heteroatoms. The van der Waals surface area contributed by atoms with Crippen LogP contribution in [0.15, 0.2) is 34.9 Å². The molecule has 0 unspecified atom stereocenters. The molecule has 0 saturated heterocycles. The number of nitro benzene ring substituents is 1. The van der Waals surface area contributed by atoms with Gasteiger partial charge in [0, 0.05) is 6.07 Å². The Labute approximate surface area is 137 Å². The summed E-state index contributed by atoms with van der Waals surface area (Å²) in [6, 6.07) is 2.32. The van der Waals surface area contributed by atoms with E-state index in [1.807, 2.05) is 13.0 Å². The zero-order chi connectivity index (χ0) is 18.1. The van der Waals surface area contributed by atoms with E-state index in [0.29, 0.717) is 18.2 Å². The molecule has 0 spiro atoms. The molecule has 0 atom stereocenters. The second-order valence-electron chi connectivity index (χ2n) is 6.71. The van der Waals surface area contributed by atoms with Crippen molar-refractivity contribution in [2.75, 3.05) is 5.43 Å². The number of nitro groups is 1. The largest absolute Gasteiger partial charge is 0.416 e. The molecule has 0 fully saturated rings. The van der Waals surface area contributed by atoms with Crippen molar-refractivity contribution in [2.24, 2.45) is 10.5 Å². The van der Waals surface area contributed by atoms with Crippen molar-refractivity contribution in [1.29, 1.82) is 0 Å². The summed E-state index contributed by atoms with van der Waals surface area (Å²) in [5, 5.41) is 15.2. The van der Waals surface area contributed by atoms with Crippen LogP contribution in [-0.4, -0.2) is 10.6 Å². The quantitative estimate of drug-likeness (QED) is 0.611. The van der Waals surface area contributed by atoms with Crippen LogP contribution in [0.4, 0.5) is 24.5 Å². The van der Waals surface area contributed by atoms with Crippen molar-refractivity contribution in [3.63, 3.8) is 0 Å². The molecular weight excluding hydrogens is 323 g/mol. The number of hydrogen-bond acceptors (Lipinski definition) is 4. The van der Waals surface area contributed by atoms with Crippen molar-refractivity contribution < 1.29 is 18.1 Å². The van der Waals surface area contributed by atoms with Crippen molar-refractivity contribution in [3.05, 3.63) is 45.5 Å². The molecule has 1 aliphatic rings. The number of nitrogens with zero attached hydrogens (tertiary/aromatic N) is 2. The Balaban J connectivity index is 2.31. The Kier molecular flexibility index (Phi) is 4.68. The number of anilines is 1. The molecule has 2 rings (SSSR count). The summed E-state index contributed by atoms with van der Waals surface area (Å²) in [5.41, 5.74) is 2.59. The summed E-state index contributed by atoms with van der Waals surface area (Å²) in [5.74, 6) is 0. The Morgan fingerprint density at radius 3 is 2.50 bits per heavy atom. The third-order valence-corrected chi connectivity index (χ3v) is 3.67. The summed E-state index contributed by atoms with van der Waals surface area (Å²) >= 11 is 0. The molecule has 0 bridgehead atoms. The van der Waals surface area contributed by atoms with Crippen molar-refractivity contribution in [1.82, 2.24) is 0 Å². The number of rotatable bonds is 3. The molecule has 0 heterocycles. The van der Waals surface area contributed by atoms with Gasteiger partial charge in [0.2, 0.25) is 0 Å². The van der Waals surface area contributed by atoms with E-state index in [0.717, 1.165) is 24.1 Å². The van der Waals surface area contributed by atoms with Gasteiger partial charge < -0.3 is 0 Å². The summed E-state index contributed by atoms with van der Waals surface area (Å²) < 4.78 is 38.1. The molecule has 5 nitrogen and oxygen atoms in total. The number of halogens is 3. The van der Waals surface area contributed by atoms with E-state index in [9.17, 15) is 23.3 Å². The second kappa shape index (κ2) is 6.26. The van der Waals surface area contributed by atoms with Gasteiger partial charge in [-0.15, -0.1) is 0 Å². The number of nitrogens with one attached hydrogen (secondary N) is 1. The molecule has 0 aromatic heterocycles. The molecule has 0 saturated carbocycles. The molecule has 0 aliphatic heterocycles. The zero-order valence-electron chi connectivity index (χ0n) is 13.6. The standard InChI is InChI=1S/C16H18F3N3O2/c1-10-6-12(9-15(2,3)8-10)20-21-13-5-4-11(16(17,18)19)7-14(13)22(23)24/h4-7,21H,8-9H2,1-3H3/b20-12-. The summed E-state index contributed by atoms with van der Waals surface area (Å²) in [7, 11) is 0. The van der Waals surface area contributed by atoms with Crippen LogP contribution in [0.3, 0.4) is 0 Å². The number of benzene rings is 1. The van der Waals surface area contributed by atoms with Gasteiger partial charge in [0.1, 0.15) is 5.69 Å². The highest BCUT2D eigenvalue weighted by Gasteiger charge is 2.33. The third kappa shape index (κ3) is 4.33. The van der Waals surface area contributed by atoms with Crippen LogP contribution in [0.1, 0.15) is 39.2 Å². The van der Waals surface area contributed by atoms with Gasteiger partial charge in [-0.1, -0.05) is 19.4 Å². The van der Waals surface area contributed by atoms with E-state index in [-0.39, 0.29) is 11.1 Å². The lowest BCUT2D eigenvalue weighted by molar-refractivity contribution is -0.384. The topological polar surface area (TPSA) is 67.5 Å². The smallest absolute Gasteiger partial charge is 0.271 e. The maximum atomic E-state index is 12.7. The first-order chi connectivity index (χ1) is 11.0. The van der Waals surface area contributed by atoms with Crippen LogP contribution in [0, 0.1) is 15.5 Å². The molecule has 1 aromatic rings. The summed E-state index contributed by atoms with van der Waals surface area (Å²) in [4.78, 5) is 10.2. The van der Waals surface area contributed by atoms with Crippen LogP contribution >= 0.6 is 0 Å². The Bertz CT molecular complexity index is 722. The van der Waals surface area contributed by atoms with Crippen molar-refractivity contribution in [2.45, 2.75) is 39.8 Å². The molecule has 1 aromatic carbocycles. The first-order valence-corrected chi connectivity index (χ1v) is 7.33. The molecule has 130 valence electrons. The van der Waals surface area contributed by atoms with E-state index in [1.165, 1.54) is 0 Å². The second-order valence-corrected chi connectivity index (χ2v) is 6.71. The summed E-state index contributed by atoms with van der Waals surface area (Å²) in [6.07, 6.45) is -1.16. The van der Waals surface area contributed by atoms with E-state index in [1.54, 1.807) is 0 Å². The van der Waals surface area contributed by atoms with Gasteiger partial charge >= 0.3 is 6.18 Å². The minimum atomic E-state index is -4.64. The van der Waals surface area contributed by atoms with Gasteiger partial charge in [0.05, 0.1) is 16.2 Å². The lowest BCUT2D eigenvalue weighted by atomic mass is 9.77. The summed E-state index contributed by atoms with van der Waals surface area (Å²) in [6.45, 7) is 6.14. The minimum Gasteiger partial charge on any atom is -0.271 e. The Morgan fingerprint density at radius 2 is 1.96 bits per heavy atom. The molecule has 1 aliphatic carbocycles. The van der Waals surface area contributed by atoms with Gasteiger partial charge in [0.25, 0.3) is 5.69 Å². The van der Waals surface area contributed by atoms with Crippen molar-refractivity contribution >= 4 is 17.1 Å². The highest BCUT2D eigenvalue weighted by Crippen LogP contribution is 2.36. The van der Waals surface area contributed by atoms with Crippen LogP contribution in [0.25, 0.3) is 0 Å². The number of hydrogen-bond donors (Lipinski definition) is 1. The highest BCUT2D eigenvalue weighted by molar-refractivity contribution is 5.97. The number of allylic oxidation sites excluding steroid dienone is 2. The number of alkyl halides is 3. The Morgan fingerprint density at radius 1 is 1.29 bits per heavy atom. The third-order valence-electron chi connectivity index (χ3n) is 3.67. The molecule has 24 heavy (non-hydrogen) atoms. The fraction of sp³-hybridized carbons (Fsp3) is 0.438. The molecule has 1 N–H and O–H groups in total. The van der Waals surface area contributed by atoms with Gasteiger partial charge in [-0.05, 0) is 43.4 Å². The normalized spacial score (nSPS) is 19.1. The molecule has 0 amide bonds. The first kappa shape index (κ1) is 18.0. The predicted molar refractivity (Wildman–Crippen MR) is 85.9 cm³/mol. The van der Waals surface area contributed by atoms with Gasteiger partial charge in [-0.2, -0.15) is 18.3 Å². The van der Waals surface area contributed by atoms with Gasteiger partial charge in [0.15, 0.2) is 0 Å². The SMILES string of the molecule is CC1=C/C(=N/Nc2ccc(C(F)(F)F)cc2[N+](=O)[O-])CC(C)(C)C1. The molecule has 0 radical (unpaired) electrons. The molecular formula is C16H18F3N3O2. The maximum absolute atomic E-state index is 12.7. The van der Waals surface area contributed by atoms with E-state index in [2.05, 4.69) is 24.4 Å².